The summed E-state index contributed by atoms with van der Waals surface area (Å²) in [7, 11) is 0. The van der Waals surface area contributed by atoms with Crippen molar-refractivity contribution in [1.29, 1.82) is 0 Å². The van der Waals surface area contributed by atoms with Crippen LogP contribution in [0.3, 0.4) is 0 Å². The highest BCUT2D eigenvalue weighted by Crippen LogP contribution is 2.20. The van der Waals surface area contributed by atoms with Crippen LogP contribution >= 0.6 is 11.8 Å². The van der Waals surface area contributed by atoms with Crippen molar-refractivity contribution >= 4 is 11.8 Å². The third-order valence-electron chi connectivity index (χ3n) is 2.64. The standard InChI is InChI=1S/C14H11FN4S/c15-12-4-1-3-11(9-12)10-20-14-6-5-13(17-18-14)19-8-2-7-16-19/h1-9H,10H2. The second-order valence-electron chi connectivity index (χ2n) is 4.10. The number of hydrogen-bond acceptors (Lipinski definition) is 4. The molecule has 0 spiro atoms. The van der Waals surface area contributed by atoms with Gasteiger partial charge >= 0.3 is 0 Å². The first-order chi connectivity index (χ1) is 9.81. The first-order valence-electron chi connectivity index (χ1n) is 6.02. The van der Waals surface area contributed by atoms with Crippen LogP contribution in [0.4, 0.5) is 4.39 Å². The zero-order valence-electron chi connectivity index (χ0n) is 10.5. The molecule has 2 aromatic heterocycles. The van der Waals surface area contributed by atoms with E-state index in [0.717, 1.165) is 10.6 Å². The summed E-state index contributed by atoms with van der Waals surface area (Å²) < 4.78 is 14.7. The van der Waals surface area contributed by atoms with Gasteiger partial charge in [-0.2, -0.15) is 5.10 Å². The lowest BCUT2D eigenvalue weighted by Gasteiger charge is -2.02. The Morgan fingerprint density at radius 2 is 2.05 bits per heavy atom. The molecule has 2 heterocycles. The molecule has 0 atom stereocenters. The lowest BCUT2D eigenvalue weighted by molar-refractivity contribution is 0.626. The van der Waals surface area contributed by atoms with Gasteiger partial charge in [0.25, 0.3) is 0 Å². The molecule has 0 aliphatic rings. The first-order valence-corrected chi connectivity index (χ1v) is 7.01. The van der Waals surface area contributed by atoms with E-state index in [4.69, 9.17) is 0 Å². The Hall–Kier alpha value is -2.21. The van der Waals surface area contributed by atoms with Crippen LogP contribution in [-0.2, 0) is 5.75 Å². The summed E-state index contributed by atoms with van der Waals surface area (Å²) in [6.07, 6.45) is 3.50. The summed E-state index contributed by atoms with van der Waals surface area (Å²) in [6, 6.07) is 12.1. The van der Waals surface area contributed by atoms with E-state index in [1.54, 1.807) is 16.9 Å². The van der Waals surface area contributed by atoms with Crippen LogP contribution < -0.4 is 0 Å². The molecular weight excluding hydrogens is 275 g/mol. The minimum Gasteiger partial charge on any atom is -0.221 e. The molecule has 1 aromatic carbocycles. The summed E-state index contributed by atoms with van der Waals surface area (Å²) in [6.45, 7) is 0. The maximum absolute atomic E-state index is 13.1. The third kappa shape index (κ3) is 3.03. The van der Waals surface area contributed by atoms with Gasteiger partial charge in [0.2, 0.25) is 0 Å². The van der Waals surface area contributed by atoms with Crippen LogP contribution in [-0.4, -0.2) is 20.0 Å². The van der Waals surface area contributed by atoms with Gasteiger partial charge in [-0.1, -0.05) is 23.9 Å². The third-order valence-corrected chi connectivity index (χ3v) is 3.63. The van der Waals surface area contributed by atoms with Gasteiger partial charge in [-0.15, -0.1) is 10.2 Å². The van der Waals surface area contributed by atoms with Crippen molar-refractivity contribution in [2.24, 2.45) is 0 Å². The van der Waals surface area contributed by atoms with Gasteiger partial charge in [0.15, 0.2) is 5.82 Å². The molecule has 3 rings (SSSR count). The normalized spacial score (nSPS) is 10.7. The molecule has 0 unspecified atom stereocenters. The summed E-state index contributed by atoms with van der Waals surface area (Å²) in [4.78, 5) is 0. The van der Waals surface area contributed by atoms with Crippen molar-refractivity contribution in [3.63, 3.8) is 0 Å². The smallest absolute Gasteiger partial charge is 0.175 e. The Balaban J connectivity index is 1.67. The van der Waals surface area contributed by atoms with Gasteiger partial charge in [0.05, 0.1) is 0 Å². The van der Waals surface area contributed by atoms with Crippen molar-refractivity contribution in [3.05, 3.63) is 66.2 Å². The van der Waals surface area contributed by atoms with Gasteiger partial charge in [0, 0.05) is 18.1 Å². The van der Waals surface area contributed by atoms with Crippen LogP contribution in [0.1, 0.15) is 5.56 Å². The number of rotatable bonds is 4. The molecule has 0 fully saturated rings. The first kappa shape index (κ1) is 12.8. The number of nitrogens with zero attached hydrogens (tertiary/aromatic N) is 4. The van der Waals surface area contributed by atoms with Crippen LogP contribution in [0.15, 0.2) is 59.9 Å². The monoisotopic (exact) mass is 286 g/mol. The van der Waals surface area contributed by atoms with E-state index in [-0.39, 0.29) is 5.82 Å². The molecule has 4 nitrogen and oxygen atoms in total. The Morgan fingerprint density at radius 1 is 1.10 bits per heavy atom. The lowest BCUT2D eigenvalue weighted by Crippen LogP contribution is -1.99. The largest absolute Gasteiger partial charge is 0.221 e. The summed E-state index contributed by atoms with van der Waals surface area (Å²) >= 11 is 1.52. The Labute approximate surface area is 119 Å². The molecule has 0 saturated heterocycles. The fraction of sp³-hybridized carbons (Fsp3) is 0.0714. The van der Waals surface area contributed by atoms with E-state index in [0.29, 0.717) is 11.6 Å². The molecule has 0 N–H and O–H groups in total. The molecule has 0 aliphatic carbocycles. The second-order valence-corrected chi connectivity index (χ2v) is 5.09. The number of thioether (sulfide) groups is 1. The van der Waals surface area contributed by atoms with Gasteiger partial charge in [-0.05, 0) is 35.9 Å². The van der Waals surface area contributed by atoms with Crippen molar-refractivity contribution in [1.82, 2.24) is 20.0 Å². The molecule has 100 valence electrons. The van der Waals surface area contributed by atoms with Gasteiger partial charge in [-0.3, -0.25) is 0 Å². The van der Waals surface area contributed by atoms with Crippen molar-refractivity contribution in [2.45, 2.75) is 10.8 Å². The maximum Gasteiger partial charge on any atom is 0.175 e. The number of halogens is 1. The minimum atomic E-state index is -0.219. The SMILES string of the molecule is Fc1cccc(CSc2ccc(-n3cccn3)nn2)c1. The quantitative estimate of drug-likeness (QED) is 0.691. The lowest BCUT2D eigenvalue weighted by atomic mass is 10.2. The topological polar surface area (TPSA) is 43.6 Å². The van der Waals surface area contributed by atoms with E-state index in [9.17, 15) is 4.39 Å². The average Bonchev–Trinajstić information content (AvgIpc) is 3.00. The van der Waals surface area contributed by atoms with Crippen molar-refractivity contribution < 1.29 is 4.39 Å². The summed E-state index contributed by atoms with van der Waals surface area (Å²) in [5, 5.41) is 13.1. The fourth-order valence-corrected chi connectivity index (χ4v) is 2.46. The molecule has 0 amide bonds. The highest BCUT2D eigenvalue weighted by Gasteiger charge is 2.02. The van der Waals surface area contributed by atoms with E-state index in [1.807, 2.05) is 30.5 Å². The van der Waals surface area contributed by atoms with Gasteiger partial charge in [0.1, 0.15) is 10.8 Å². The zero-order chi connectivity index (χ0) is 13.8. The van der Waals surface area contributed by atoms with Gasteiger partial charge < -0.3 is 0 Å². The molecule has 0 aliphatic heterocycles. The van der Waals surface area contributed by atoms with Crippen molar-refractivity contribution in [2.75, 3.05) is 0 Å². The molecule has 0 saturated carbocycles. The highest BCUT2D eigenvalue weighted by molar-refractivity contribution is 7.98. The van der Waals surface area contributed by atoms with Crippen LogP contribution in [0.2, 0.25) is 0 Å². The number of aromatic nitrogens is 4. The molecule has 20 heavy (non-hydrogen) atoms. The predicted molar refractivity (Wildman–Crippen MR) is 75.1 cm³/mol. The highest BCUT2D eigenvalue weighted by atomic mass is 32.2. The van der Waals surface area contributed by atoms with Crippen LogP contribution in [0.5, 0.6) is 0 Å². The number of hydrogen-bond donors (Lipinski definition) is 0. The van der Waals surface area contributed by atoms with Gasteiger partial charge in [-0.25, -0.2) is 9.07 Å². The maximum atomic E-state index is 13.1. The van der Waals surface area contributed by atoms with E-state index in [2.05, 4.69) is 15.3 Å². The second kappa shape index (κ2) is 5.83. The molecular formula is C14H11FN4S. The summed E-state index contributed by atoms with van der Waals surface area (Å²) in [5.74, 6) is 1.11. The fourth-order valence-electron chi connectivity index (χ4n) is 1.70. The van der Waals surface area contributed by atoms with E-state index >= 15 is 0 Å². The van der Waals surface area contributed by atoms with Crippen molar-refractivity contribution in [3.8, 4) is 5.82 Å². The summed E-state index contributed by atoms with van der Waals surface area (Å²) in [5.41, 5.74) is 0.924. The van der Waals surface area contributed by atoms with Crippen LogP contribution in [0.25, 0.3) is 5.82 Å². The van der Waals surface area contributed by atoms with Crippen LogP contribution in [0, 0.1) is 5.82 Å². The number of benzene rings is 1. The molecule has 6 heteroatoms. The van der Waals surface area contributed by atoms with E-state index < -0.39 is 0 Å². The Morgan fingerprint density at radius 3 is 2.75 bits per heavy atom. The molecule has 0 bridgehead atoms. The Bertz CT molecular complexity index is 683. The zero-order valence-corrected chi connectivity index (χ0v) is 11.3. The average molecular weight is 286 g/mol. The Kier molecular flexibility index (Phi) is 3.73. The predicted octanol–water partition coefficient (Wildman–Crippen LogP) is 3.09. The minimum absolute atomic E-state index is 0.219. The molecule has 0 radical (unpaired) electrons. The van der Waals surface area contributed by atoms with E-state index in [1.165, 1.54) is 23.9 Å². The molecule has 3 aromatic rings.